The first kappa shape index (κ1) is 23.3. The fraction of sp³-hybridized carbons (Fsp3) is 0.0952. The zero-order chi connectivity index (χ0) is 23.5. The van der Waals surface area contributed by atoms with Crippen LogP contribution in [0.2, 0.25) is 5.02 Å². The lowest BCUT2D eigenvalue weighted by molar-refractivity contribution is -0.150. The summed E-state index contributed by atoms with van der Waals surface area (Å²) in [7, 11) is -4.29. The number of sulfone groups is 1. The molecule has 1 amide bonds. The van der Waals surface area contributed by atoms with Crippen LogP contribution in [0.15, 0.2) is 65.7 Å². The highest BCUT2D eigenvalue weighted by Crippen LogP contribution is 2.36. The molecule has 1 atom stereocenters. The molecule has 166 valence electrons. The van der Waals surface area contributed by atoms with Crippen molar-refractivity contribution < 1.29 is 31.9 Å². The molecule has 0 bridgehead atoms. The van der Waals surface area contributed by atoms with E-state index in [2.05, 4.69) is 10.3 Å². The lowest BCUT2D eigenvalue weighted by atomic mass is 10.1. The number of nitrogens with one attached hydrogen (secondary N) is 1. The summed E-state index contributed by atoms with van der Waals surface area (Å²) < 4.78 is 55.3. The number of carbonyl (C=O) groups excluding carboxylic acids is 1. The maximum absolute atomic E-state index is 14.6. The van der Waals surface area contributed by atoms with Crippen molar-refractivity contribution in [2.24, 2.45) is 0 Å². The predicted molar refractivity (Wildman–Crippen MR) is 111 cm³/mol. The highest BCUT2D eigenvalue weighted by Gasteiger charge is 2.34. The zero-order valence-electron chi connectivity index (χ0n) is 16.1. The molecule has 1 heterocycles. The third kappa shape index (κ3) is 5.09. The number of nitrogens with zero attached hydrogens (tertiary/aromatic N) is 1. The topological polar surface area (TPSA) is 113 Å². The van der Waals surface area contributed by atoms with E-state index in [-0.39, 0.29) is 17.1 Å². The van der Waals surface area contributed by atoms with Crippen molar-refractivity contribution in [2.75, 3.05) is 0 Å². The number of pyridine rings is 1. The first-order valence-electron chi connectivity index (χ1n) is 9.00. The SMILES string of the molecule is O=C(O)C(=O)NCc1ccc(C(c2cc(F)ccc2F)S(=O)(=O)c2ccc(Cl)cc2)nc1. The second-order valence-corrected chi connectivity index (χ2v) is 9.09. The maximum Gasteiger partial charge on any atom is 0.394 e. The van der Waals surface area contributed by atoms with Gasteiger partial charge in [0.15, 0.2) is 9.84 Å². The number of carboxylic acids is 1. The van der Waals surface area contributed by atoms with Gasteiger partial charge in [0.05, 0.1) is 10.6 Å². The molecule has 0 saturated carbocycles. The molecule has 0 spiro atoms. The Morgan fingerprint density at radius 1 is 1.06 bits per heavy atom. The van der Waals surface area contributed by atoms with Crippen LogP contribution in [0.1, 0.15) is 22.1 Å². The highest BCUT2D eigenvalue weighted by molar-refractivity contribution is 7.91. The molecule has 0 aliphatic rings. The van der Waals surface area contributed by atoms with Gasteiger partial charge in [-0.25, -0.2) is 22.0 Å². The second-order valence-electron chi connectivity index (χ2n) is 6.62. The number of rotatable bonds is 6. The zero-order valence-corrected chi connectivity index (χ0v) is 17.7. The van der Waals surface area contributed by atoms with E-state index in [0.717, 1.165) is 18.2 Å². The van der Waals surface area contributed by atoms with Crippen molar-refractivity contribution >= 4 is 33.3 Å². The molecule has 11 heteroatoms. The summed E-state index contributed by atoms with van der Waals surface area (Å²) in [5.41, 5.74) is -0.164. The number of amides is 1. The van der Waals surface area contributed by atoms with Crippen LogP contribution in [0.25, 0.3) is 0 Å². The fourth-order valence-electron chi connectivity index (χ4n) is 2.91. The van der Waals surface area contributed by atoms with Gasteiger partial charge in [0, 0.05) is 23.3 Å². The molecule has 2 aromatic carbocycles. The molecule has 0 fully saturated rings. The Morgan fingerprint density at radius 3 is 2.34 bits per heavy atom. The summed E-state index contributed by atoms with van der Waals surface area (Å²) in [5, 5.41) is 9.35. The summed E-state index contributed by atoms with van der Waals surface area (Å²) in [6.07, 6.45) is 1.21. The molecule has 1 aromatic heterocycles. The van der Waals surface area contributed by atoms with Crippen LogP contribution in [0.4, 0.5) is 8.78 Å². The summed E-state index contributed by atoms with van der Waals surface area (Å²) in [6.45, 7) is -0.179. The van der Waals surface area contributed by atoms with Crippen LogP contribution in [0.5, 0.6) is 0 Å². The van der Waals surface area contributed by atoms with Gasteiger partial charge in [-0.15, -0.1) is 0 Å². The smallest absolute Gasteiger partial charge is 0.394 e. The molecular weight excluding hydrogens is 466 g/mol. The Hall–Kier alpha value is -3.37. The molecule has 0 aliphatic heterocycles. The largest absolute Gasteiger partial charge is 0.474 e. The first-order valence-corrected chi connectivity index (χ1v) is 10.9. The predicted octanol–water partition coefficient (Wildman–Crippen LogP) is 3.28. The van der Waals surface area contributed by atoms with Crippen LogP contribution in [-0.2, 0) is 26.0 Å². The quantitative estimate of drug-likeness (QED) is 0.523. The number of aliphatic carboxylic acids is 1. The molecule has 1 unspecified atom stereocenters. The van der Waals surface area contributed by atoms with E-state index in [1.807, 2.05) is 0 Å². The third-order valence-corrected chi connectivity index (χ3v) is 6.75. The van der Waals surface area contributed by atoms with Gasteiger partial charge < -0.3 is 10.4 Å². The Morgan fingerprint density at radius 2 is 1.75 bits per heavy atom. The van der Waals surface area contributed by atoms with Gasteiger partial charge in [-0.1, -0.05) is 17.7 Å². The van der Waals surface area contributed by atoms with E-state index in [9.17, 15) is 26.8 Å². The molecule has 0 aliphatic carbocycles. The van der Waals surface area contributed by atoms with Crippen molar-refractivity contribution in [3.8, 4) is 0 Å². The van der Waals surface area contributed by atoms with E-state index in [0.29, 0.717) is 10.6 Å². The molecule has 7 nitrogen and oxygen atoms in total. The summed E-state index contributed by atoms with van der Waals surface area (Å²) in [5.74, 6) is -4.65. The Balaban J connectivity index is 2.05. The average molecular weight is 481 g/mol. The number of hydrogen-bond donors (Lipinski definition) is 2. The number of benzene rings is 2. The van der Waals surface area contributed by atoms with Crippen molar-refractivity contribution in [1.29, 1.82) is 0 Å². The standard InChI is InChI=1S/C21H15ClF2N2O5S/c22-13-2-5-15(6-3-13)32(30,31)19(16-9-14(23)4-7-17(16)24)18-8-1-12(10-25-18)11-26-20(27)21(28)29/h1-10,19H,11H2,(H,26,27)(H,28,29). The Bertz CT molecular complexity index is 1270. The van der Waals surface area contributed by atoms with Gasteiger partial charge in [-0.3, -0.25) is 9.78 Å². The Labute approximate surface area is 186 Å². The van der Waals surface area contributed by atoms with Crippen molar-refractivity contribution in [1.82, 2.24) is 10.3 Å². The number of hydrogen-bond acceptors (Lipinski definition) is 5. The van der Waals surface area contributed by atoms with Crippen LogP contribution in [-0.4, -0.2) is 30.4 Å². The monoisotopic (exact) mass is 480 g/mol. The lowest BCUT2D eigenvalue weighted by Crippen LogP contribution is -2.30. The van der Waals surface area contributed by atoms with Gasteiger partial charge in [0.1, 0.15) is 16.9 Å². The minimum atomic E-state index is -4.29. The second kappa shape index (κ2) is 9.41. The van der Waals surface area contributed by atoms with Crippen molar-refractivity contribution in [3.63, 3.8) is 0 Å². The van der Waals surface area contributed by atoms with E-state index < -0.39 is 44.2 Å². The summed E-state index contributed by atoms with van der Waals surface area (Å²) in [4.78, 5) is 25.6. The molecule has 32 heavy (non-hydrogen) atoms. The van der Waals surface area contributed by atoms with Gasteiger partial charge in [-0.05, 0) is 54.1 Å². The number of carbonyl (C=O) groups is 2. The number of aromatic nitrogens is 1. The van der Waals surface area contributed by atoms with Crippen molar-refractivity contribution in [2.45, 2.75) is 16.7 Å². The highest BCUT2D eigenvalue weighted by atomic mass is 35.5. The molecular formula is C21H15ClF2N2O5S. The molecule has 2 N–H and O–H groups in total. The Kier molecular flexibility index (Phi) is 6.85. The minimum Gasteiger partial charge on any atom is -0.474 e. The van der Waals surface area contributed by atoms with E-state index in [1.54, 1.807) is 0 Å². The van der Waals surface area contributed by atoms with Crippen LogP contribution >= 0.6 is 11.6 Å². The number of carboxylic acid groups (broad SMARTS) is 1. The summed E-state index contributed by atoms with van der Waals surface area (Å²) in [6, 6.07) is 10.4. The van der Waals surface area contributed by atoms with Gasteiger partial charge in [0.2, 0.25) is 0 Å². The normalized spacial score (nSPS) is 12.2. The van der Waals surface area contributed by atoms with Crippen molar-refractivity contribution in [3.05, 3.63) is 94.3 Å². The van der Waals surface area contributed by atoms with E-state index in [4.69, 9.17) is 16.7 Å². The summed E-state index contributed by atoms with van der Waals surface area (Å²) >= 11 is 5.83. The third-order valence-electron chi connectivity index (χ3n) is 4.46. The van der Waals surface area contributed by atoms with Crippen LogP contribution in [0.3, 0.4) is 0 Å². The molecule has 0 saturated heterocycles. The molecule has 0 radical (unpaired) electrons. The van der Waals surface area contributed by atoms with Crippen LogP contribution < -0.4 is 5.32 Å². The molecule has 3 aromatic rings. The average Bonchev–Trinajstić information content (AvgIpc) is 2.75. The lowest BCUT2D eigenvalue weighted by Gasteiger charge is -2.19. The van der Waals surface area contributed by atoms with E-state index in [1.165, 1.54) is 42.6 Å². The van der Waals surface area contributed by atoms with Gasteiger partial charge >= 0.3 is 11.9 Å². The van der Waals surface area contributed by atoms with Gasteiger partial charge in [0.25, 0.3) is 0 Å². The minimum absolute atomic E-state index is 0.0993. The van der Waals surface area contributed by atoms with Crippen LogP contribution in [0, 0.1) is 11.6 Å². The maximum atomic E-state index is 14.6. The molecule has 3 rings (SSSR count). The number of halogens is 3. The fourth-order valence-corrected chi connectivity index (χ4v) is 4.80. The van der Waals surface area contributed by atoms with E-state index >= 15 is 0 Å². The first-order chi connectivity index (χ1) is 15.1. The van der Waals surface area contributed by atoms with Gasteiger partial charge in [-0.2, -0.15) is 0 Å².